The summed E-state index contributed by atoms with van der Waals surface area (Å²) in [5.74, 6) is -0.139. The minimum atomic E-state index is -0.666. The van der Waals surface area contributed by atoms with E-state index in [1.165, 1.54) is 5.56 Å². The van der Waals surface area contributed by atoms with Crippen molar-refractivity contribution in [1.82, 2.24) is 4.90 Å². The fourth-order valence-electron chi connectivity index (χ4n) is 3.75. The van der Waals surface area contributed by atoms with Crippen LogP contribution in [0.2, 0.25) is 0 Å². The Labute approximate surface area is 196 Å². The van der Waals surface area contributed by atoms with Crippen LogP contribution in [0.4, 0.5) is 5.69 Å². The summed E-state index contributed by atoms with van der Waals surface area (Å²) >= 11 is 0. The Kier molecular flexibility index (Phi) is 8.79. The minimum absolute atomic E-state index is 0.00199. The molecule has 0 unspecified atom stereocenters. The van der Waals surface area contributed by atoms with Crippen LogP contribution in [0.5, 0.6) is 0 Å². The average Bonchev–Trinajstić information content (AvgIpc) is 2.81. The molecule has 5 nitrogen and oxygen atoms in total. The summed E-state index contributed by atoms with van der Waals surface area (Å²) in [6, 6.07) is 26.6. The number of esters is 1. The third-order valence-electron chi connectivity index (χ3n) is 5.44. The lowest BCUT2D eigenvalue weighted by molar-refractivity contribution is -0.145. The van der Waals surface area contributed by atoms with Gasteiger partial charge in [0.1, 0.15) is 6.04 Å². The topological polar surface area (TPSA) is 58.6 Å². The highest BCUT2D eigenvalue weighted by Gasteiger charge is 2.30. The molecule has 0 aliphatic rings. The summed E-state index contributed by atoms with van der Waals surface area (Å²) in [4.78, 5) is 27.9. The molecule has 3 aromatic rings. The second-order valence-electron chi connectivity index (χ2n) is 8.27. The van der Waals surface area contributed by atoms with Gasteiger partial charge in [0.15, 0.2) is 0 Å². The second-order valence-corrected chi connectivity index (χ2v) is 8.27. The molecule has 0 radical (unpaired) electrons. The smallest absolute Gasteiger partial charge is 0.320 e. The molecule has 0 saturated heterocycles. The normalized spacial score (nSPS) is 11.9. The molecule has 0 aliphatic heterocycles. The quantitative estimate of drug-likeness (QED) is 0.416. The van der Waals surface area contributed by atoms with Crippen molar-refractivity contribution >= 4 is 17.6 Å². The van der Waals surface area contributed by atoms with E-state index in [1.807, 2.05) is 89.8 Å². The lowest BCUT2D eigenvalue weighted by Crippen LogP contribution is -2.40. The third kappa shape index (κ3) is 7.02. The maximum atomic E-state index is 13.6. The molecular formula is C28H32N2O3. The number of carbonyl (C=O) groups is 2. The zero-order chi connectivity index (χ0) is 23.6. The Morgan fingerprint density at radius 3 is 2.03 bits per heavy atom. The third-order valence-corrected chi connectivity index (χ3v) is 5.44. The standard InChI is InChI=1S/C28H32N2O3/c1-4-33-26(31)20-30(19-22-11-7-5-8-12-22)27(24-13-9-6-10-14-24)28(32)29-25-17-15-23(16-18-25)21(2)3/h5-18,21,27H,4,19-20H2,1-3H3,(H,29,32)/t27-/m1/s1. The van der Waals surface area contributed by atoms with E-state index in [4.69, 9.17) is 4.74 Å². The first-order valence-electron chi connectivity index (χ1n) is 11.4. The van der Waals surface area contributed by atoms with Gasteiger partial charge in [-0.15, -0.1) is 0 Å². The highest BCUT2D eigenvalue weighted by Crippen LogP contribution is 2.26. The predicted octanol–water partition coefficient (Wildman–Crippen LogP) is 5.56. The maximum absolute atomic E-state index is 13.6. The molecule has 3 rings (SSSR count). The first-order chi connectivity index (χ1) is 16.0. The SMILES string of the molecule is CCOC(=O)CN(Cc1ccccc1)[C@@H](C(=O)Nc1ccc(C(C)C)cc1)c1ccccc1. The van der Waals surface area contributed by atoms with Gasteiger partial charge in [0.05, 0.1) is 13.2 Å². The molecule has 172 valence electrons. The van der Waals surface area contributed by atoms with Crippen molar-refractivity contribution < 1.29 is 14.3 Å². The summed E-state index contributed by atoms with van der Waals surface area (Å²) in [6.45, 7) is 6.77. The number of carbonyl (C=O) groups excluding carboxylic acids is 2. The fraction of sp³-hybridized carbons (Fsp3) is 0.286. The Hall–Kier alpha value is -3.44. The summed E-state index contributed by atoms with van der Waals surface area (Å²) in [5.41, 5.74) is 3.76. The molecule has 1 N–H and O–H groups in total. The van der Waals surface area contributed by atoms with E-state index in [1.54, 1.807) is 6.92 Å². The summed E-state index contributed by atoms with van der Waals surface area (Å²) < 4.78 is 5.22. The largest absolute Gasteiger partial charge is 0.465 e. The van der Waals surface area contributed by atoms with Gasteiger partial charge < -0.3 is 10.1 Å². The van der Waals surface area contributed by atoms with E-state index in [9.17, 15) is 9.59 Å². The zero-order valence-electron chi connectivity index (χ0n) is 19.5. The first kappa shape index (κ1) is 24.2. The maximum Gasteiger partial charge on any atom is 0.320 e. The van der Waals surface area contributed by atoms with Crippen LogP contribution in [0.15, 0.2) is 84.9 Å². The molecule has 0 spiro atoms. The van der Waals surface area contributed by atoms with Crippen LogP contribution in [-0.2, 0) is 20.9 Å². The van der Waals surface area contributed by atoms with Crippen molar-refractivity contribution in [3.63, 3.8) is 0 Å². The van der Waals surface area contributed by atoms with E-state index in [0.717, 1.165) is 16.8 Å². The van der Waals surface area contributed by atoms with Crippen molar-refractivity contribution in [3.8, 4) is 0 Å². The van der Waals surface area contributed by atoms with Crippen LogP contribution >= 0.6 is 0 Å². The van der Waals surface area contributed by atoms with Crippen molar-refractivity contribution in [2.45, 2.75) is 39.3 Å². The van der Waals surface area contributed by atoms with Crippen LogP contribution in [0.25, 0.3) is 0 Å². The lowest BCUT2D eigenvalue weighted by Gasteiger charge is -2.30. The van der Waals surface area contributed by atoms with Gasteiger partial charge in [-0.05, 0) is 41.7 Å². The highest BCUT2D eigenvalue weighted by molar-refractivity contribution is 5.95. The highest BCUT2D eigenvalue weighted by atomic mass is 16.5. The molecule has 0 bridgehead atoms. The molecule has 3 aromatic carbocycles. The van der Waals surface area contributed by atoms with Crippen molar-refractivity contribution in [3.05, 3.63) is 102 Å². The Morgan fingerprint density at radius 1 is 0.848 bits per heavy atom. The molecule has 5 heteroatoms. The number of nitrogens with one attached hydrogen (secondary N) is 1. The lowest BCUT2D eigenvalue weighted by atomic mass is 10.0. The van der Waals surface area contributed by atoms with Crippen molar-refractivity contribution in [1.29, 1.82) is 0 Å². The summed E-state index contributed by atoms with van der Waals surface area (Å²) in [7, 11) is 0. The van der Waals surface area contributed by atoms with Crippen LogP contribution in [0.1, 0.15) is 49.4 Å². The molecule has 0 aliphatic carbocycles. The number of hydrogen-bond acceptors (Lipinski definition) is 4. The molecule has 0 saturated carbocycles. The zero-order valence-corrected chi connectivity index (χ0v) is 19.5. The molecule has 1 amide bonds. The number of anilines is 1. The van der Waals surface area contributed by atoms with Crippen LogP contribution in [-0.4, -0.2) is 29.9 Å². The molecule has 1 atom stereocenters. The van der Waals surface area contributed by atoms with Crippen molar-refractivity contribution in [2.24, 2.45) is 0 Å². The Morgan fingerprint density at radius 2 is 1.45 bits per heavy atom. The molecular weight excluding hydrogens is 412 g/mol. The van der Waals surface area contributed by atoms with Crippen LogP contribution < -0.4 is 5.32 Å². The van der Waals surface area contributed by atoms with Gasteiger partial charge in [-0.25, -0.2) is 0 Å². The number of amides is 1. The molecule has 0 heterocycles. The molecule has 0 fully saturated rings. The average molecular weight is 445 g/mol. The molecule has 33 heavy (non-hydrogen) atoms. The van der Waals surface area contributed by atoms with Gasteiger partial charge in [-0.1, -0.05) is 86.6 Å². The van der Waals surface area contributed by atoms with E-state index < -0.39 is 6.04 Å². The fourth-order valence-corrected chi connectivity index (χ4v) is 3.75. The molecule has 0 aromatic heterocycles. The monoisotopic (exact) mass is 444 g/mol. The summed E-state index contributed by atoms with van der Waals surface area (Å²) in [5, 5.41) is 3.05. The van der Waals surface area contributed by atoms with Gasteiger partial charge in [0.2, 0.25) is 5.91 Å². The van der Waals surface area contributed by atoms with Gasteiger partial charge >= 0.3 is 5.97 Å². The van der Waals surface area contributed by atoms with Crippen LogP contribution in [0, 0.1) is 0 Å². The predicted molar refractivity (Wildman–Crippen MR) is 132 cm³/mol. The van der Waals surface area contributed by atoms with Gasteiger partial charge in [-0.2, -0.15) is 0 Å². The number of benzene rings is 3. The van der Waals surface area contributed by atoms with Gasteiger partial charge in [0.25, 0.3) is 0 Å². The number of hydrogen-bond donors (Lipinski definition) is 1. The number of rotatable bonds is 10. The van der Waals surface area contributed by atoms with E-state index >= 15 is 0 Å². The Balaban J connectivity index is 1.92. The Bertz CT molecular complexity index is 1020. The number of nitrogens with zero attached hydrogens (tertiary/aromatic N) is 1. The number of ether oxygens (including phenoxy) is 1. The van der Waals surface area contributed by atoms with Gasteiger partial charge in [-0.3, -0.25) is 14.5 Å². The van der Waals surface area contributed by atoms with Gasteiger partial charge in [0, 0.05) is 12.2 Å². The van der Waals surface area contributed by atoms with Crippen molar-refractivity contribution in [2.75, 3.05) is 18.5 Å². The minimum Gasteiger partial charge on any atom is -0.465 e. The van der Waals surface area contributed by atoms with E-state index in [-0.39, 0.29) is 18.4 Å². The first-order valence-corrected chi connectivity index (χ1v) is 11.4. The van der Waals surface area contributed by atoms with Crippen LogP contribution in [0.3, 0.4) is 0 Å². The van der Waals surface area contributed by atoms with E-state index in [0.29, 0.717) is 19.1 Å². The van der Waals surface area contributed by atoms with E-state index in [2.05, 4.69) is 19.2 Å². The summed E-state index contributed by atoms with van der Waals surface area (Å²) in [6.07, 6.45) is 0. The second kappa shape index (κ2) is 12.0.